The summed E-state index contributed by atoms with van der Waals surface area (Å²) >= 11 is 0. The van der Waals surface area contributed by atoms with Gasteiger partial charge in [-0.05, 0) is 48.0 Å². The smallest absolute Gasteiger partial charge is 0.255 e. The molecular formula is C22H16F2N2O2. The van der Waals surface area contributed by atoms with E-state index in [1.165, 1.54) is 47.4 Å². The van der Waals surface area contributed by atoms with Crippen LogP contribution in [0, 0.1) is 11.6 Å². The fraction of sp³-hybridized carbons (Fsp3) is 0.0909. The van der Waals surface area contributed by atoms with Crippen LogP contribution in [0.4, 0.5) is 14.5 Å². The molecule has 1 N–H and O–H groups in total. The number of amides is 2. The predicted molar refractivity (Wildman–Crippen MR) is 101 cm³/mol. The van der Waals surface area contributed by atoms with E-state index in [2.05, 4.69) is 5.32 Å². The van der Waals surface area contributed by atoms with Crippen molar-refractivity contribution in [3.63, 3.8) is 0 Å². The van der Waals surface area contributed by atoms with Crippen molar-refractivity contribution in [1.82, 2.24) is 4.90 Å². The number of anilines is 1. The fourth-order valence-corrected chi connectivity index (χ4v) is 3.42. The van der Waals surface area contributed by atoms with Gasteiger partial charge in [0.15, 0.2) is 0 Å². The maximum absolute atomic E-state index is 14.1. The van der Waals surface area contributed by atoms with Gasteiger partial charge in [0.25, 0.3) is 5.91 Å². The first-order chi connectivity index (χ1) is 13.5. The van der Waals surface area contributed by atoms with Crippen LogP contribution in [-0.2, 0) is 4.79 Å². The van der Waals surface area contributed by atoms with Gasteiger partial charge in [-0.2, -0.15) is 0 Å². The van der Waals surface area contributed by atoms with Gasteiger partial charge in [0.05, 0.1) is 6.04 Å². The van der Waals surface area contributed by atoms with Crippen LogP contribution in [-0.4, -0.2) is 23.3 Å². The average Bonchev–Trinajstić information content (AvgIpc) is 2.84. The van der Waals surface area contributed by atoms with Gasteiger partial charge in [-0.15, -0.1) is 0 Å². The second-order valence-electron chi connectivity index (χ2n) is 6.53. The van der Waals surface area contributed by atoms with Crippen LogP contribution in [0.2, 0.25) is 0 Å². The molecule has 0 fully saturated rings. The number of benzene rings is 3. The molecule has 0 aliphatic carbocycles. The molecule has 0 spiro atoms. The van der Waals surface area contributed by atoms with E-state index in [0.29, 0.717) is 22.4 Å². The second-order valence-corrected chi connectivity index (χ2v) is 6.53. The molecule has 28 heavy (non-hydrogen) atoms. The van der Waals surface area contributed by atoms with Gasteiger partial charge in [-0.3, -0.25) is 9.59 Å². The fourth-order valence-electron chi connectivity index (χ4n) is 3.42. The molecule has 1 heterocycles. The second kappa shape index (κ2) is 7.23. The summed E-state index contributed by atoms with van der Waals surface area (Å²) in [4.78, 5) is 27.0. The van der Waals surface area contributed by atoms with E-state index in [9.17, 15) is 18.4 Å². The highest BCUT2D eigenvalue weighted by atomic mass is 19.1. The standard InChI is InChI=1S/C22H16F2N2O2/c23-16-8-6-14(7-9-16)21-18-12-17(24)10-11-19(18)25-20(27)13-26(21)22(28)15-4-2-1-3-5-15/h1-12,21H,13H2,(H,25,27)/t21-/m0/s1. The summed E-state index contributed by atoms with van der Waals surface area (Å²) in [5, 5.41) is 2.72. The van der Waals surface area contributed by atoms with E-state index in [-0.39, 0.29) is 18.4 Å². The van der Waals surface area contributed by atoms with E-state index in [1.54, 1.807) is 30.3 Å². The first-order valence-corrected chi connectivity index (χ1v) is 8.74. The van der Waals surface area contributed by atoms with Crippen LogP contribution in [0.15, 0.2) is 72.8 Å². The van der Waals surface area contributed by atoms with Crippen LogP contribution >= 0.6 is 0 Å². The molecule has 0 saturated heterocycles. The quantitative estimate of drug-likeness (QED) is 0.728. The zero-order chi connectivity index (χ0) is 19.7. The molecule has 0 bridgehead atoms. The van der Waals surface area contributed by atoms with Gasteiger partial charge in [-0.1, -0.05) is 30.3 Å². The Morgan fingerprint density at radius 1 is 0.929 bits per heavy atom. The van der Waals surface area contributed by atoms with Crippen LogP contribution in [0.1, 0.15) is 27.5 Å². The lowest BCUT2D eigenvalue weighted by Crippen LogP contribution is -2.39. The number of rotatable bonds is 2. The third-order valence-electron chi connectivity index (χ3n) is 4.68. The Bertz CT molecular complexity index is 1040. The summed E-state index contributed by atoms with van der Waals surface area (Å²) in [5.41, 5.74) is 1.84. The minimum atomic E-state index is -0.752. The number of hydrogen-bond donors (Lipinski definition) is 1. The highest BCUT2D eigenvalue weighted by Gasteiger charge is 2.34. The molecule has 0 aromatic heterocycles. The minimum Gasteiger partial charge on any atom is -0.324 e. The topological polar surface area (TPSA) is 49.4 Å². The van der Waals surface area contributed by atoms with Crippen molar-refractivity contribution in [3.05, 3.63) is 101 Å². The maximum atomic E-state index is 14.1. The first-order valence-electron chi connectivity index (χ1n) is 8.74. The van der Waals surface area contributed by atoms with Crippen molar-refractivity contribution in [2.24, 2.45) is 0 Å². The lowest BCUT2D eigenvalue weighted by atomic mass is 9.95. The number of nitrogens with one attached hydrogen (secondary N) is 1. The summed E-state index contributed by atoms with van der Waals surface area (Å²) < 4.78 is 27.5. The first kappa shape index (κ1) is 17.9. The number of carbonyl (C=O) groups is 2. The van der Waals surface area contributed by atoms with Crippen molar-refractivity contribution in [2.45, 2.75) is 6.04 Å². The van der Waals surface area contributed by atoms with Crippen molar-refractivity contribution in [2.75, 3.05) is 11.9 Å². The van der Waals surface area contributed by atoms with Crippen LogP contribution in [0.3, 0.4) is 0 Å². The summed E-state index contributed by atoms with van der Waals surface area (Å²) in [7, 11) is 0. The molecule has 1 aliphatic rings. The number of halogens is 2. The van der Waals surface area contributed by atoms with Gasteiger partial charge < -0.3 is 10.2 Å². The van der Waals surface area contributed by atoms with Gasteiger partial charge >= 0.3 is 0 Å². The Balaban J connectivity index is 1.90. The predicted octanol–water partition coefficient (Wildman–Crippen LogP) is 4.15. The number of nitrogens with zero attached hydrogens (tertiary/aromatic N) is 1. The molecule has 0 unspecified atom stereocenters. The summed E-state index contributed by atoms with van der Waals surface area (Å²) in [5.74, 6) is -1.68. The molecule has 2 amide bonds. The van der Waals surface area contributed by atoms with Gasteiger partial charge in [0.1, 0.15) is 18.2 Å². The lowest BCUT2D eigenvalue weighted by Gasteiger charge is -2.30. The van der Waals surface area contributed by atoms with Gasteiger partial charge in [0.2, 0.25) is 5.91 Å². The Labute approximate surface area is 160 Å². The monoisotopic (exact) mass is 378 g/mol. The molecular weight excluding hydrogens is 362 g/mol. The number of fused-ring (bicyclic) bond motifs is 1. The molecule has 4 nitrogen and oxygen atoms in total. The average molecular weight is 378 g/mol. The SMILES string of the molecule is O=C1CN(C(=O)c2ccccc2)[C@@H](c2ccc(F)cc2)c2cc(F)ccc2N1. The summed E-state index contributed by atoms with van der Waals surface area (Å²) in [6.07, 6.45) is 0. The Kier molecular flexibility index (Phi) is 4.61. The van der Waals surface area contributed by atoms with Gasteiger partial charge in [-0.25, -0.2) is 8.78 Å². The molecule has 1 atom stereocenters. The zero-order valence-electron chi connectivity index (χ0n) is 14.7. The molecule has 4 rings (SSSR count). The summed E-state index contributed by atoms with van der Waals surface area (Å²) in [6, 6.07) is 17.4. The largest absolute Gasteiger partial charge is 0.324 e. The molecule has 3 aromatic rings. The van der Waals surface area contributed by atoms with E-state index in [4.69, 9.17) is 0 Å². The van der Waals surface area contributed by atoms with Crippen molar-refractivity contribution in [1.29, 1.82) is 0 Å². The molecule has 0 saturated carbocycles. The van der Waals surface area contributed by atoms with Crippen LogP contribution in [0.5, 0.6) is 0 Å². The number of carbonyl (C=O) groups excluding carboxylic acids is 2. The highest BCUT2D eigenvalue weighted by Crippen LogP contribution is 2.37. The molecule has 140 valence electrons. The van der Waals surface area contributed by atoms with Crippen molar-refractivity contribution >= 4 is 17.5 Å². The van der Waals surface area contributed by atoms with Crippen LogP contribution < -0.4 is 5.32 Å². The lowest BCUT2D eigenvalue weighted by molar-refractivity contribution is -0.117. The molecule has 3 aromatic carbocycles. The van der Waals surface area contributed by atoms with E-state index in [1.807, 2.05) is 0 Å². The normalized spacial score (nSPS) is 16.1. The molecule has 0 radical (unpaired) electrons. The third kappa shape index (κ3) is 3.36. The molecule has 6 heteroatoms. The van der Waals surface area contributed by atoms with E-state index >= 15 is 0 Å². The Hall–Kier alpha value is -3.54. The van der Waals surface area contributed by atoms with Crippen molar-refractivity contribution in [3.8, 4) is 0 Å². The minimum absolute atomic E-state index is 0.216. The van der Waals surface area contributed by atoms with Crippen molar-refractivity contribution < 1.29 is 18.4 Å². The van der Waals surface area contributed by atoms with E-state index in [0.717, 1.165) is 0 Å². The Morgan fingerprint density at radius 3 is 2.32 bits per heavy atom. The van der Waals surface area contributed by atoms with E-state index < -0.39 is 17.7 Å². The third-order valence-corrected chi connectivity index (χ3v) is 4.68. The zero-order valence-corrected chi connectivity index (χ0v) is 14.7. The Morgan fingerprint density at radius 2 is 1.61 bits per heavy atom. The summed E-state index contributed by atoms with van der Waals surface area (Å²) in [6.45, 7) is -0.216. The number of hydrogen-bond acceptors (Lipinski definition) is 2. The molecule has 1 aliphatic heterocycles. The maximum Gasteiger partial charge on any atom is 0.255 e. The van der Waals surface area contributed by atoms with Crippen LogP contribution in [0.25, 0.3) is 0 Å². The highest BCUT2D eigenvalue weighted by molar-refractivity contribution is 6.01. The van der Waals surface area contributed by atoms with Gasteiger partial charge in [0, 0.05) is 16.8 Å².